The van der Waals surface area contributed by atoms with E-state index in [0.29, 0.717) is 0 Å². The van der Waals surface area contributed by atoms with Crippen LogP contribution in [0.4, 0.5) is 0 Å². The molecule has 0 spiro atoms. The third kappa shape index (κ3) is 2.99. The zero-order chi connectivity index (χ0) is 14.1. The van der Waals surface area contributed by atoms with Gasteiger partial charge in [-0.15, -0.1) is 0 Å². The summed E-state index contributed by atoms with van der Waals surface area (Å²) < 4.78 is 0. The van der Waals surface area contributed by atoms with Crippen molar-refractivity contribution in [3.05, 3.63) is 35.5 Å². The number of hydrogen-bond donors (Lipinski definition) is 1. The monoisotopic (exact) mass is 283 g/mol. The molecule has 112 valence electrons. The number of nitrogens with one attached hydrogen (secondary N) is 1. The van der Waals surface area contributed by atoms with Crippen LogP contribution in [0.1, 0.15) is 36.9 Å². The van der Waals surface area contributed by atoms with Gasteiger partial charge in [0.1, 0.15) is 0 Å². The lowest BCUT2D eigenvalue weighted by Gasteiger charge is -2.14. The van der Waals surface area contributed by atoms with Crippen molar-refractivity contribution in [2.75, 3.05) is 26.2 Å². The van der Waals surface area contributed by atoms with Crippen molar-refractivity contribution < 1.29 is 0 Å². The van der Waals surface area contributed by atoms with Crippen molar-refractivity contribution in [2.45, 2.75) is 38.8 Å². The molecular weight excluding hydrogens is 258 g/mol. The Hall–Kier alpha value is -1.32. The average molecular weight is 283 g/mol. The number of fused-ring (bicyclic) bond motifs is 1. The lowest BCUT2D eigenvalue weighted by atomic mass is 10.1. The molecule has 0 radical (unpaired) electrons. The van der Waals surface area contributed by atoms with Crippen LogP contribution in [0, 0.1) is 0 Å². The lowest BCUT2D eigenvalue weighted by molar-refractivity contribution is 0.328. The maximum atomic E-state index is 3.59. The fraction of sp³-hybridized carbons (Fsp3) is 0.556. The molecule has 0 unspecified atom stereocenters. The first-order chi connectivity index (χ1) is 10.4. The number of benzene rings is 1. The Balaban J connectivity index is 1.50. The Morgan fingerprint density at radius 1 is 0.810 bits per heavy atom. The molecule has 3 heteroatoms. The van der Waals surface area contributed by atoms with Gasteiger partial charge in [0.25, 0.3) is 0 Å². The van der Waals surface area contributed by atoms with E-state index in [9.17, 15) is 0 Å². The van der Waals surface area contributed by atoms with Gasteiger partial charge in [0.2, 0.25) is 0 Å². The molecule has 21 heavy (non-hydrogen) atoms. The van der Waals surface area contributed by atoms with Crippen molar-refractivity contribution in [2.24, 2.45) is 0 Å². The number of H-pyrrole nitrogens is 1. The Bertz CT molecular complexity index is 588. The highest BCUT2D eigenvalue weighted by molar-refractivity contribution is 5.81. The van der Waals surface area contributed by atoms with Gasteiger partial charge in [-0.2, -0.15) is 0 Å². The molecule has 1 N–H and O–H groups in total. The molecule has 2 fully saturated rings. The highest BCUT2D eigenvalue weighted by Crippen LogP contribution is 2.21. The minimum absolute atomic E-state index is 1.08. The number of rotatable bonds is 4. The third-order valence-corrected chi connectivity index (χ3v) is 4.94. The molecule has 3 nitrogen and oxygen atoms in total. The molecule has 2 aliphatic rings. The van der Waals surface area contributed by atoms with Gasteiger partial charge in [0.05, 0.1) is 0 Å². The van der Waals surface area contributed by atoms with Gasteiger partial charge >= 0.3 is 0 Å². The molecule has 2 aromatic rings. The molecular formula is C18H25N3. The minimum Gasteiger partial charge on any atom is -0.357 e. The number of likely N-dealkylation sites (tertiary alicyclic amines) is 2. The summed E-state index contributed by atoms with van der Waals surface area (Å²) in [6, 6.07) is 9.27. The quantitative estimate of drug-likeness (QED) is 0.929. The van der Waals surface area contributed by atoms with E-state index < -0.39 is 0 Å². The molecule has 3 heterocycles. The molecule has 2 aliphatic heterocycles. The maximum Gasteiger partial charge on any atom is 0.0456 e. The van der Waals surface area contributed by atoms with Gasteiger partial charge in [-0.05, 0) is 75.6 Å². The average Bonchev–Trinajstić information content (AvgIpc) is 3.19. The van der Waals surface area contributed by atoms with Crippen molar-refractivity contribution >= 4 is 10.9 Å². The predicted molar refractivity (Wildman–Crippen MR) is 87.3 cm³/mol. The van der Waals surface area contributed by atoms with Gasteiger partial charge in [-0.3, -0.25) is 9.80 Å². The van der Waals surface area contributed by atoms with Crippen molar-refractivity contribution in [1.29, 1.82) is 0 Å². The van der Waals surface area contributed by atoms with E-state index in [1.165, 1.54) is 74.0 Å². The van der Waals surface area contributed by atoms with Crippen LogP contribution in [-0.2, 0) is 13.1 Å². The first kappa shape index (κ1) is 13.4. The summed E-state index contributed by atoms with van der Waals surface area (Å²) >= 11 is 0. The summed E-state index contributed by atoms with van der Waals surface area (Å²) in [5.74, 6) is 0. The van der Waals surface area contributed by atoms with Crippen molar-refractivity contribution in [3.63, 3.8) is 0 Å². The van der Waals surface area contributed by atoms with Crippen molar-refractivity contribution in [3.8, 4) is 0 Å². The van der Waals surface area contributed by atoms with E-state index in [2.05, 4.69) is 39.0 Å². The second kappa shape index (κ2) is 5.82. The standard InChI is InChI=1S/C18H25N3/c1-2-8-20(7-1)13-15-5-6-18-16(11-15)12-17(19-18)14-21-9-3-4-10-21/h5-6,11-12,19H,1-4,7-10,13-14H2. The highest BCUT2D eigenvalue weighted by atomic mass is 15.1. The fourth-order valence-electron chi connectivity index (χ4n) is 3.81. The number of aromatic amines is 1. The summed E-state index contributed by atoms with van der Waals surface area (Å²) in [5, 5.41) is 1.38. The zero-order valence-corrected chi connectivity index (χ0v) is 12.8. The molecule has 0 amide bonds. The number of aromatic nitrogens is 1. The lowest BCUT2D eigenvalue weighted by Crippen LogP contribution is -2.18. The minimum atomic E-state index is 1.08. The van der Waals surface area contributed by atoms with Gasteiger partial charge < -0.3 is 4.98 Å². The second-order valence-corrected chi connectivity index (χ2v) is 6.68. The van der Waals surface area contributed by atoms with Crippen LogP contribution >= 0.6 is 0 Å². The van der Waals surface area contributed by atoms with Crippen LogP contribution in [0.5, 0.6) is 0 Å². The number of hydrogen-bond acceptors (Lipinski definition) is 2. The van der Waals surface area contributed by atoms with Crippen LogP contribution in [0.2, 0.25) is 0 Å². The normalized spacial score (nSPS) is 20.8. The molecule has 0 aliphatic carbocycles. The molecule has 1 aromatic carbocycles. The molecule has 1 aromatic heterocycles. The van der Waals surface area contributed by atoms with Crippen LogP contribution in [0.25, 0.3) is 10.9 Å². The maximum absolute atomic E-state index is 3.59. The third-order valence-electron chi connectivity index (χ3n) is 4.94. The van der Waals surface area contributed by atoms with Gasteiger partial charge in [-0.25, -0.2) is 0 Å². The fourth-order valence-corrected chi connectivity index (χ4v) is 3.81. The van der Waals surface area contributed by atoms with Crippen LogP contribution in [0.3, 0.4) is 0 Å². The summed E-state index contributed by atoms with van der Waals surface area (Å²) in [4.78, 5) is 8.71. The van der Waals surface area contributed by atoms with E-state index >= 15 is 0 Å². The van der Waals surface area contributed by atoms with E-state index in [1.807, 2.05) is 0 Å². The summed E-state index contributed by atoms with van der Waals surface area (Å²) in [6.45, 7) is 7.25. The largest absolute Gasteiger partial charge is 0.357 e. The molecule has 2 saturated heterocycles. The SMILES string of the molecule is c1cc2[nH]c(CN3CCCC3)cc2cc1CN1CCCC1. The van der Waals surface area contributed by atoms with E-state index in [0.717, 1.165) is 13.1 Å². The second-order valence-electron chi connectivity index (χ2n) is 6.68. The van der Waals surface area contributed by atoms with E-state index in [4.69, 9.17) is 0 Å². The van der Waals surface area contributed by atoms with Crippen LogP contribution in [0.15, 0.2) is 24.3 Å². The van der Waals surface area contributed by atoms with Crippen LogP contribution in [-0.4, -0.2) is 41.0 Å². The Morgan fingerprint density at radius 3 is 2.19 bits per heavy atom. The molecule has 0 atom stereocenters. The molecule has 0 bridgehead atoms. The Labute approximate surface area is 126 Å². The molecule has 0 saturated carbocycles. The van der Waals surface area contributed by atoms with Gasteiger partial charge in [0.15, 0.2) is 0 Å². The van der Waals surface area contributed by atoms with Crippen LogP contribution < -0.4 is 0 Å². The van der Waals surface area contributed by atoms with E-state index in [1.54, 1.807) is 0 Å². The Kier molecular flexibility index (Phi) is 3.70. The predicted octanol–water partition coefficient (Wildman–Crippen LogP) is 3.36. The highest BCUT2D eigenvalue weighted by Gasteiger charge is 2.14. The summed E-state index contributed by atoms with van der Waals surface area (Å²) in [7, 11) is 0. The topological polar surface area (TPSA) is 22.3 Å². The zero-order valence-electron chi connectivity index (χ0n) is 12.8. The van der Waals surface area contributed by atoms with E-state index in [-0.39, 0.29) is 0 Å². The first-order valence-corrected chi connectivity index (χ1v) is 8.42. The Morgan fingerprint density at radius 2 is 1.48 bits per heavy atom. The molecule has 4 rings (SSSR count). The summed E-state index contributed by atoms with van der Waals surface area (Å²) in [6.07, 6.45) is 5.46. The number of nitrogens with zero attached hydrogens (tertiary/aromatic N) is 2. The summed E-state index contributed by atoms with van der Waals surface area (Å²) in [5.41, 5.74) is 4.11. The first-order valence-electron chi connectivity index (χ1n) is 8.42. The van der Waals surface area contributed by atoms with Gasteiger partial charge in [0, 0.05) is 29.7 Å². The smallest absolute Gasteiger partial charge is 0.0456 e. The van der Waals surface area contributed by atoms with Gasteiger partial charge in [-0.1, -0.05) is 6.07 Å². The van der Waals surface area contributed by atoms with Crippen molar-refractivity contribution in [1.82, 2.24) is 14.8 Å².